The van der Waals surface area contributed by atoms with Crippen molar-refractivity contribution >= 4 is 29.3 Å². The number of carbonyl (C=O) groups is 1. The number of nitrogens with one attached hydrogen (secondary N) is 1. The molecule has 0 fully saturated rings. The van der Waals surface area contributed by atoms with Gasteiger partial charge >= 0.3 is 0 Å². The Morgan fingerprint density at radius 3 is 2.24 bits per heavy atom. The van der Waals surface area contributed by atoms with Crippen LogP contribution < -0.4 is 14.8 Å². The molecule has 3 aromatic rings. The number of rotatable bonds is 9. The summed E-state index contributed by atoms with van der Waals surface area (Å²) in [5.74, 6) is 2.02. The zero-order valence-corrected chi connectivity index (χ0v) is 21.0. The van der Waals surface area contributed by atoms with Gasteiger partial charge in [0.25, 0.3) is 0 Å². The van der Waals surface area contributed by atoms with Crippen LogP contribution in [0.5, 0.6) is 11.5 Å². The van der Waals surface area contributed by atoms with Crippen molar-refractivity contribution < 1.29 is 14.3 Å². The molecule has 1 atom stereocenters. The van der Waals surface area contributed by atoms with E-state index < -0.39 is 0 Å². The summed E-state index contributed by atoms with van der Waals surface area (Å²) >= 11 is 7.42. The summed E-state index contributed by atoms with van der Waals surface area (Å²) in [6.07, 6.45) is 0. The minimum Gasteiger partial charge on any atom is -0.494 e. The van der Waals surface area contributed by atoms with Crippen LogP contribution in [-0.2, 0) is 11.4 Å². The third kappa shape index (κ3) is 7.14. The fourth-order valence-electron chi connectivity index (χ4n) is 2.95. The number of ether oxygens (including phenoxy) is 2. The van der Waals surface area contributed by atoms with E-state index in [2.05, 4.69) is 15.5 Å². The van der Waals surface area contributed by atoms with Crippen LogP contribution in [0, 0.1) is 0 Å². The first kappa shape index (κ1) is 24.9. The fraction of sp³-hybridized carbons (Fsp3) is 0.375. The molecular weight excluding hydrogens is 460 g/mol. The van der Waals surface area contributed by atoms with Crippen molar-refractivity contribution in [2.75, 3.05) is 6.61 Å². The molecular formula is C24H29ClN4O3S. The Labute approximate surface area is 203 Å². The SMILES string of the molecule is CCOc1ccc(OCc2nnc(SC(C)C(=O)NC(C)(C)C)n2-c2ccc(Cl)cc2)cc1. The molecule has 0 bridgehead atoms. The van der Waals surface area contributed by atoms with E-state index in [1.54, 1.807) is 12.1 Å². The molecule has 9 heteroatoms. The Morgan fingerprint density at radius 1 is 1.06 bits per heavy atom. The number of hydrogen-bond donors (Lipinski definition) is 1. The van der Waals surface area contributed by atoms with Gasteiger partial charge in [-0.15, -0.1) is 10.2 Å². The lowest BCUT2D eigenvalue weighted by Gasteiger charge is -2.23. The summed E-state index contributed by atoms with van der Waals surface area (Å²) in [6, 6.07) is 14.8. The predicted octanol–water partition coefficient (Wildman–Crippen LogP) is 5.29. The first-order valence-electron chi connectivity index (χ1n) is 10.7. The normalized spacial score (nSPS) is 12.3. The summed E-state index contributed by atoms with van der Waals surface area (Å²) in [6.45, 7) is 10.5. The second-order valence-corrected chi connectivity index (χ2v) is 10.1. The van der Waals surface area contributed by atoms with Crippen molar-refractivity contribution in [1.82, 2.24) is 20.1 Å². The van der Waals surface area contributed by atoms with Crippen LogP contribution in [0.3, 0.4) is 0 Å². The minimum absolute atomic E-state index is 0.0645. The van der Waals surface area contributed by atoms with Crippen LogP contribution >= 0.6 is 23.4 Å². The molecule has 0 aliphatic rings. The first-order valence-corrected chi connectivity index (χ1v) is 12.0. The topological polar surface area (TPSA) is 78.3 Å². The monoisotopic (exact) mass is 488 g/mol. The van der Waals surface area contributed by atoms with E-state index in [9.17, 15) is 4.79 Å². The number of thioether (sulfide) groups is 1. The highest BCUT2D eigenvalue weighted by Gasteiger charge is 2.24. The third-order valence-corrected chi connectivity index (χ3v) is 5.73. The molecule has 0 aliphatic heterocycles. The zero-order valence-electron chi connectivity index (χ0n) is 19.5. The van der Waals surface area contributed by atoms with Crippen molar-refractivity contribution in [2.24, 2.45) is 0 Å². The highest BCUT2D eigenvalue weighted by molar-refractivity contribution is 8.00. The van der Waals surface area contributed by atoms with Gasteiger partial charge in [0, 0.05) is 16.2 Å². The van der Waals surface area contributed by atoms with Crippen LogP contribution in [0.2, 0.25) is 5.02 Å². The second-order valence-electron chi connectivity index (χ2n) is 8.40. The lowest BCUT2D eigenvalue weighted by Crippen LogP contribution is -2.44. The Bertz CT molecular complexity index is 1060. The van der Waals surface area contributed by atoms with Gasteiger partial charge in [-0.05, 0) is 83.1 Å². The van der Waals surface area contributed by atoms with Gasteiger partial charge in [-0.2, -0.15) is 0 Å². The lowest BCUT2D eigenvalue weighted by molar-refractivity contribution is -0.121. The van der Waals surface area contributed by atoms with Crippen molar-refractivity contribution in [3.8, 4) is 17.2 Å². The Balaban J connectivity index is 1.82. The number of aromatic nitrogens is 3. The van der Waals surface area contributed by atoms with Gasteiger partial charge in [-0.25, -0.2) is 0 Å². The molecule has 1 amide bonds. The molecule has 2 aromatic carbocycles. The van der Waals surface area contributed by atoms with Crippen molar-refractivity contribution in [1.29, 1.82) is 0 Å². The molecule has 1 aromatic heterocycles. The molecule has 0 aliphatic carbocycles. The van der Waals surface area contributed by atoms with Crippen molar-refractivity contribution in [2.45, 2.75) is 57.2 Å². The van der Waals surface area contributed by atoms with Crippen molar-refractivity contribution in [3.05, 3.63) is 59.4 Å². The largest absolute Gasteiger partial charge is 0.494 e. The summed E-state index contributed by atoms with van der Waals surface area (Å²) in [7, 11) is 0. The average molecular weight is 489 g/mol. The molecule has 7 nitrogen and oxygen atoms in total. The van der Waals surface area contributed by atoms with Gasteiger partial charge in [0.1, 0.15) is 18.1 Å². The van der Waals surface area contributed by atoms with Crippen LogP contribution in [0.1, 0.15) is 40.4 Å². The molecule has 0 saturated carbocycles. The Kier molecular flexibility index (Phi) is 8.26. The third-order valence-electron chi connectivity index (χ3n) is 4.44. The van der Waals surface area contributed by atoms with E-state index in [4.69, 9.17) is 21.1 Å². The number of benzene rings is 2. The number of amides is 1. The maximum atomic E-state index is 12.6. The van der Waals surface area contributed by atoms with E-state index in [1.165, 1.54) is 11.8 Å². The molecule has 0 radical (unpaired) electrons. The van der Waals surface area contributed by atoms with Crippen LogP contribution in [0.15, 0.2) is 53.7 Å². The van der Waals surface area contributed by atoms with E-state index >= 15 is 0 Å². The Hall–Kier alpha value is -2.71. The average Bonchev–Trinajstić information content (AvgIpc) is 3.15. The molecule has 33 heavy (non-hydrogen) atoms. The zero-order chi connectivity index (χ0) is 24.0. The van der Waals surface area contributed by atoms with Gasteiger partial charge in [0.05, 0.1) is 11.9 Å². The van der Waals surface area contributed by atoms with Crippen LogP contribution in [0.25, 0.3) is 5.69 Å². The standard InChI is InChI=1S/C24H29ClN4O3S/c1-6-31-19-11-13-20(14-12-19)32-15-21-27-28-23(29(21)18-9-7-17(25)8-10-18)33-16(2)22(30)26-24(3,4)5/h7-14,16H,6,15H2,1-5H3,(H,26,30). The van der Waals surface area contributed by atoms with E-state index in [0.717, 1.165) is 11.4 Å². The number of halogens is 1. The molecule has 3 rings (SSSR count). The maximum absolute atomic E-state index is 12.6. The molecule has 176 valence electrons. The van der Waals surface area contributed by atoms with E-state index in [1.807, 2.05) is 75.6 Å². The van der Waals surface area contributed by atoms with Gasteiger partial charge < -0.3 is 14.8 Å². The van der Waals surface area contributed by atoms with Gasteiger partial charge in [-0.1, -0.05) is 23.4 Å². The van der Waals surface area contributed by atoms with E-state index in [-0.39, 0.29) is 23.3 Å². The summed E-state index contributed by atoms with van der Waals surface area (Å²) < 4.78 is 13.3. The minimum atomic E-state index is -0.362. The van der Waals surface area contributed by atoms with Crippen LogP contribution in [0.4, 0.5) is 0 Å². The summed E-state index contributed by atoms with van der Waals surface area (Å²) in [5.41, 5.74) is 0.521. The maximum Gasteiger partial charge on any atom is 0.233 e. The number of carbonyl (C=O) groups excluding carboxylic acids is 1. The first-order chi connectivity index (χ1) is 15.7. The van der Waals surface area contributed by atoms with Crippen molar-refractivity contribution in [3.63, 3.8) is 0 Å². The summed E-state index contributed by atoms with van der Waals surface area (Å²) in [4.78, 5) is 12.6. The highest BCUT2D eigenvalue weighted by Crippen LogP contribution is 2.28. The Morgan fingerprint density at radius 2 is 1.67 bits per heavy atom. The smallest absolute Gasteiger partial charge is 0.233 e. The van der Waals surface area contributed by atoms with Crippen LogP contribution in [-0.4, -0.2) is 38.1 Å². The molecule has 1 unspecified atom stereocenters. The predicted molar refractivity (Wildman–Crippen MR) is 132 cm³/mol. The molecule has 0 saturated heterocycles. The quantitative estimate of drug-likeness (QED) is 0.412. The molecule has 1 N–H and O–H groups in total. The molecule has 0 spiro atoms. The number of nitrogens with zero attached hydrogens (tertiary/aromatic N) is 3. The van der Waals surface area contributed by atoms with Gasteiger partial charge in [-0.3, -0.25) is 9.36 Å². The van der Waals surface area contributed by atoms with Gasteiger partial charge in [0.2, 0.25) is 5.91 Å². The lowest BCUT2D eigenvalue weighted by atomic mass is 10.1. The second kappa shape index (κ2) is 10.9. The summed E-state index contributed by atoms with van der Waals surface area (Å²) in [5, 5.41) is 12.6. The van der Waals surface area contributed by atoms with Gasteiger partial charge in [0.15, 0.2) is 11.0 Å². The number of hydrogen-bond acceptors (Lipinski definition) is 6. The highest BCUT2D eigenvalue weighted by atomic mass is 35.5. The van der Waals surface area contributed by atoms with E-state index in [0.29, 0.717) is 28.4 Å². The fourth-order valence-corrected chi connectivity index (χ4v) is 3.96. The molecule has 1 heterocycles.